The Morgan fingerprint density at radius 3 is 2.53 bits per heavy atom. The molecule has 0 spiro atoms. The molecule has 0 aliphatic rings. The molecule has 0 bridgehead atoms. The summed E-state index contributed by atoms with van der Waals surface area (Å²) < 4.78 is 1.69. The van der Waals surface area contributed by atoms with Crippen LogP contribution in [0.25, 0.3) is 28.3 Å². The Morgan fingerprint density at radius 2 is 1.69 bits per heavy atom. The van der Waals surface area contributed by atoms with Gasteiger partial charge in [-0.15, -0.1) is 10.2 Å². The second kappa shape index (κ2) is 8.44. The van der Waals surface area contributed by atoms with Gasteiger partial charge >= 0.3 is 6.03 Å². The number of fused-ring (bicyclic) bond motifs is 1. The summed E-state index contributed by atoms with van der Waals surface area (Å²) in [6.45, 7) is 0. The molecule has 5 aromatic rings. The molecule has 156 valence electrons. The number of urea groups is 1. The van der Waals surface area contributed by atoms with Crippen LogP contribution in [0.1, 0.15) is 0 Å². The Morgan fingerprint density at radius 1 is 0.844 bits per heavy atom. The van der Waals surface area contributed by atoms with Crippen molar-refractivity contribution in [3.05, 3.63) is 90.2 Å². The molecule has 2 amide bonds. The van der Waals surface area contributed by atoms with Crippen molar-refractivity contribution >= 4 is 34.7 Å². The normalized spacial score (nSPS) is 10.8. The third-order valence-electron chi connectivity index (χ3n) is 4.74. The average molecular weight is 442 g/mol. The fourth-order valence-corrected chi connectivity index (χ4v) is 3.41. The Bertz CT molecular complexity index is 1420. The van der Waals surface area contributed by atoms with E-state index in [0.29, 0.717) is 33.6 Å². The Kier molecular flexibility index (Phi) is 5.19. The van der Waals surface area contributed by atoms with E-state index in [1.54, 1.807) is 47.2 Å². The highest BCUT2D eigenvalue weighted by Gasteiger charge is 2.12. The zero-order valence-corrected chi connectivity index (χ0v) is 17.4. The fourth-order valence-electron chi connectivity index (χ4n) is 3.23. The van der Waals surface area contributed by atoms with Crippen LogP contribution in [-0.4, -0.2) is 30.8 Å². The van der Waals surface area contributed by atoms with Crippen molar-refractivity contribution in [2.45, 2.75) is 0 Å². The summed E-state index contributed by atoms with van der Waals surface area (Å²) in [6.07, 6.45) is 3.39. The van der Waals surface area contributed by atoms with Crippen LogP contribution in [0.5, 0.6) is 0 Å². The van der Waals surface area contributed by atoms with Gasteiger partial charge in [-0.2, -0.15) is 9.61 Å². The first-order chi connectivity index (χ1) is 15.7. The maximum absolute atomic E-state index is 12.4. The molecule has 0 aliphatic heterocycles. The number of hydrogen-bond acceptors (Lipinski definition) is 5. The summed E-state index contributed by atoms with van der Waals surface area (Å²) in [5, 5.41) is 19.2. The van der Waals surface area contributed by atoms with Gasteiger partial charge in [0.1, 0.15) is 0 Å². The van der Waals surface area contributed by atoms with Crippen LogP contribution in [0.3, 0.4) is 0 Å². The van der Waals surface area contributed by atoms with Crippen LogP contribution < -0.4 is 10.6 Å². The molecule has 0 saturated carbocycles. The summed E-state index contributed by atoms with van der Waals surface area (Å²) in [6, 6.07) is 21.5. The van der Waals surface area contributed by atoms with Crippen molar-refractivity contribution in [3.8, 4) is 22.6 Å². The molecule has 0 saturated heterocycles. The molecule has 5 rings (SSSR count). The lowest BCUT2D eigenvalue weighted by atomic mass is 10.1. The van der Waals surface area contributed by atoms with E-state index >= 15 is 0 Å². The van der Waals surface area contributed by atoms with Crippen LogP contribution in [0.2, 0.25) is 5.02 Å². The number of rotatable bonds is 4. The number of nitrogens with one attached hydrogen (secondary N) is 2. The van der Waals surface area contributed by atoms with E-state index in [1.165, 1.54) is 0 Å². The zero-order chi connectivity index (χ0) is 21.9. The van der Waals surface area contributed by atoms with Crippen LogP contribution >= 0.6 is 11.6 Å². The zero-order valence-electron chi connectivity index (χ0n) is 16.6. The molecule has 2 aromatic carbocycles. The van der Waals surface area contributed by atoms with Gasteiger partial charge in [0, 0.05) is 29.2 Å². The number of pyridine rings is 1. The van der Waals surface area contributed by atoms with Gasteiger partial charge in [0.05, 0.1) is 16.4 Å². The molecule has 3 aromatic heterocycles. The highest BCUT2D eigenvalue weighted by Crippen LogP contribution is 2.24. The first-order valence-electron chi connectivity index (χ1n) is 9.73. The number of para-hydroxylation sites is 1. The molecular weight excluding hydrogens is 426 g/mol. The van der Waals surface area contributed by atoms with Gasteiger partial charge < -0.3 is 10.6 Å². The van der Waals surface area contributed by atoms with Crippen molar-refractivity contribution < 1.29 is 4.79 Å². The quantitative estimate of drug-likeness (QED) is 0.402. The largest absolute Gasteiger partial charge is 0.323 e. The summed E-state index contributed by atoms with van der Waals surface area (Å²) in [5.41, 5.74) is 4.19. The molecule has 32 heavy (non-hydrogen) atoms. The first kappa shape index (κ1) is 19.7. The number of carbonyl (C=O) groups excluding carboxylic acids is 1. The van der Waals surface area contributed by atoms with Crippen LogP contribution in [-0.2, 0) is 0 Å². The van der Waals surface area contributed by atoms with Crippen molar-refractivity contribution in [1.82, 2.24) is 24.8 Å². The van der Waals surface area contributed by atoms with E-state index in [2.05, 4.69) is 25.8 Å². The number of halogens is 1. The van der Waals surface area contributed by atoms with Crippen molar-refractivity contribution in [1.29, 1.82) is 0 Å². The lowest BCUT2D eigenvalue weighted by Crippen LogP contribution is -2.19. The number of hydrogen-bond donors (Lipinski definition) is 2. The fraction of sp³-hybridized carbons (Fsp3) is 0. The van der Waals surface area contributed by atoms with Gasteiger partial charge in [-0.3, -0.25) is 4.98 Å². The van der Waals surface area contributed by atoms with Gasteiger partial charge in [0.2, 0.25) is 0 Å². The highest BCUT2D eigenvalue weighted by atomic mass is 35.5. The molecule has 0 radical (unpaired) electrons. The highest BCUT2D eigenvalue weighted by molar-refractivity contribution is 6.33. The molecule has 0 atom stereocenters. The maximum atomic E-state index is 12.4. The number of anilines is 2. The van der Waals surface area contributed by atoms with E-state index in [0.717, 1.165) is 11.1 Å². The molecule has 3 heterocycles. The molecule has 8 nitrogen and oxygen atoms in total. The van der Waals surface area contributed by atoms with Gasteiger partial charge in [0.25, 0.3) is 0 Å². The van der Waals surface area contributed by atoms with Gasteiger partial charge in [-0.05, 0) is 48.5 Å². The number of amides is 2. The van der Waals surface area contributed by atoms with Crippen molar-refractivity contribution in [3.63, 3.8) is 0 Å². The minimum Gasteiger partial charge on any atom is -0.308 e. The lowest BCUT2D eigenvalue weighted by Gasteiger charge is -2.10. The number of aromatic nitrogens is 5. The monoisotopic (exact) mass is 441 g/mol. The van der Waals surface area contributed by atoms with Crippen LogP contribution in [0.15, 0.2) is 85.2 Å². The summed E-state index contributed by atoms with van der Waals surface area (Å²) in [5.74, 6) is 0.623. The second-order valence-electron chi connectivity index (χ2n) is 6.89. The maximum Gasteiger partial charge on any atom is 0.323 e. The second-order valence-corrected chi connectivity index (χ2v) is 7.30. The molecule has 2 N–H and O–H groups in total. The van der Waals surface area contributed by atoms with Crippen LogP contribution in [0, 0.1) is 0 Å². The number of carbonyl (C=O) groups is 1. The average Bonchev–Trinajstić information content (AvgIpc) is 3.25. The smallest absolute Gasteiger partial charge is 0.308 e. The van der Waals surface area contributed by atoms with E-state index < -0.39 is 6.03 Å². The Hall–Kier alpha value is -4.30. The lowest BCUT2D eigenvalue weighted by molar-refractivity contribution is 0.262. The Balaban J connectivity index is 1.41. The molecule has 0 aliphatic carbocycles. The minimum atomic E-state index is -0.391. The number of nitrogens with zero attached hydrogens (tertiary/aromatic N) is 5. The van der Waals surface area contributed by atoms with E-state index in [9.17, 15) is 4.79 Å². The predicted molar refractivity (Wildman–Crippen MR) is 124 cm³/mol. The SMILES string of the molecule is O=C(Nc1cccc(-c2ccc3nnc(-c4ccncc4)n3n2)c1)Nc1ccccc1Cl. The molecule has 9 heteroatoms. The van der Waals surface area contributed by atoms with Gasteiger partial charge in [-0.1, -0.05) is 35.9 Å². The minimum absolute atomic E-state index is 0.391. The molecule has 0 fully saturated rings. The summed E-state index contributed by atoms with van der Waals surface area (Å²) >= 11 is 6.11. The van der Waals surface area contributed by atoms with Crippen molar-refractivity contribution in [2.75, 3.05) is 10.6 Å². The number of benzene rings is 2. The van der Waals surface area contributed by atoms with E-state index in [4.69, 9.17) is 16.7 Å². The van der Waals surface area contributed by atoms with Gasteiger partial charge in [-0.25, -0.2) is 4.79 Å². The summed E-state index contributed by atoms with van der Waals surface area (Å²) in [7, 11) is 0. The third-order valence-corrected chi connectivity index (χ3v) is 5.07. The van der Waals surface area contributed by atoms with Crippen LogP contribution in [0.4, 0.5) is 16.2 Å². The third kappa shape index (κ3) is 3.99. The van der Waals surface area contributed by atoms with Crippen molar-refractivity contribution in [2.24, 2.45) is 0 Å². The van der Waals surface area contributed by atoms with E-state index in [-0.39, 0.29) is 0 Å². The topological polar surface area (TPSA) is 97.1 Å². The standard InChI is InChI=1S/C23H16ClN7O/c24-18-6-1-2-7-20(18)27-23(32)26-17-5-3-4-16(14-17)19-8-9-21-28-29-22(31(21)30-19)15-10-12-25-13-11-15/h1-14H,(H2,26,27,32). The Labute approximate surface area is 187 Å². The molecular formula is C23H16ClN7O. The van der Waals surface area contributed by atoms with E-state index in [1.807, 2.05) is 42.5 Å². The molecule has 0 unspecified atom stereocenters. The summed E-state index contributed by atoms with van der Waals surface area (Å²) in [4.78, 5) is 16.4. The first-order valence-corrected chi connectivity index (χ1v) is 10.1. The predicted octanol–water partition coefficient (Wildman–Crippen LogP) is 5.15. The van der Waals surface area contributed by atoms with Gasteiger partial charge in [0.15, 0.2) is 11.5 Å².